The molecule has 2 rings (SSSR count). The van der Waals surface area contributed by atoms with Gasteiger partial charge in [-0.2, -0.15) is 5.10 Å². The molecule has 1 saturated carbocycles. The Morgan fingerprint density at radius 2 is 1.94 bits per heavy atom. The van der Waals surface area contributed by atoms with E-state index < -0.39 is 9.05 Å². The second-order valence-electron chi connectivity index (χ2n) is 4.63. The highest BCUT2D eigenvalue weighted by molar-refractivity contribution is 8.13. The molecule has 1 heterocycles. The van der Waals surface area contributed by atoms with E-state index in [-0.39, 0.29) is 22.0 Å². The average Bonchev–Trinajstić information content (AvgIpc) is 3.05. The van der Waals surface area contributed by atoms with E-state index in [4.69, 9.17) is 22.3 Å². The van der Waals surface area contributed by atoms with Crippen LogP contribution in [0, 0.1) is 0 Å². The molecule has 0 bridgehead atoms. The molecule has 1 aromatic heterocycles. The normalized spacial score (nSPS) is 16.5. The minimum absolute atomic E-state index is 0.0141. The van der Waals surface area contributed by atoms with Crippen LogP contribution in [-0.4, -0.2) is 18.2 Å². The van der Waals surface area contributed by atoms with Gasteiger partial charge in [0, 0.05) is 16.6 Å². The summed E-state index contributed by atoms with van der Waals surface area (Å²) in [5, 5.41) is 4.55. The van der Waals surface area contributed by atoms with E-state index in [0.717, 1.165) is 25.7 Å². The van der Waals surface area contributed by atoms with Crippen LogP contribution < -0.4 is 0 Å². The van der Waals surface area contributed by atoms with Crippen molar-refractivity contribution in [3.63, 3.8) is 0 Å². The van der Waals surface area contributed by atoms with Crippen LogP contribution in [0.2, 0.25) is 5.15 Å². The quantitative estimate of drug-likeness (QED) is 0.779. The van der Waals surface area contributed by atoms with Crippen molar-refractivity contribution in [1.29, 1.82) is 0 Å². The van der Waals surface area contributed by atoms with Gasteiger partial charge in [0.1, 0.15) is 10.0 Å². The summed E-state index contributed by atoms with van der Waals surface area (Å²) in [6.07, 6.45) is 3.61. The lowest BCUT2D eigenvalue weighted by Gasteiger charge is -2.13. The van der Waals surface area contributed by atoms with Gasteiger partial charge in [0.15, 0.2) is 0 Å². The molecule has 0 saturated heterocycles. The summed E-state index contributed by atoms with van der Waals surface area (Å²) < 4.78 is 24.9. The van der Waals surface area contributed by atoms with Crippen LogP contribution in [0.15, 0.2) is 4.90 Å². The third-order valence-corrected chi connectivity index (χ3v) is 5.16. The molecule has 0 N–H and O–H groups in total. The van der Waals surface area contributed by atoms with Gasteiger partial charge in [0.2, 0.25) is 0 Å². The first-order valence-corrected chi connectivity index (χ1v) is 8.81. The number of hydrogen-bond donors (Lipinski definition) is 0. The Morgan fingerprint density at radius 3 is 2.33 bits per heavy atom. The van der Waals surface area contributed by atoms with Crippen molar-refractivity contribution >= 4 is 31.3 Å². The summed E-state index contributed by atoms with van der Waals surface area (Å²) in [7, 11) is 1.64. The Kier molecular flexibility index (Phi) is 3.95. The molecule has 0 aromatic carbocycles. The maximum Gasteiger partial charge on any atom is 0.266 e. The smallest absolute Gasteiger partial charge is 0.249 e. The van der Waals surface area contributed by atoms with E-state index in [1.165, 1.54) is 0 Å². The van der Waals surface area contributed by atoms with E-state index in [2.05, 4.69) is 5.10 Å². The molecule has 0 amide bonds. The number of hydrogen-bond acceptors (Lipinski definition) is 3. The summed E-state index contributed by atoms with van der Waals surface area (Å²) in [6, 6.07) is 0.113. The maximum atomic E-state index is 11.6. The molecular formula is C11H16Cl2N2O2S. The highest BCUT2D eigenvalue weighted by Crippen LogP contribution is 2.45. The summed E-state index contributed by atoms with van der Waals surface area (Å²) in [5.41, 5.74) is 0.543. The van der Waals surface area contributed by atoms with E-state index >= 15 is 0 Å². The van der Waals surface area contributed by atoms with Crippen molar-refractivity contribution in [2.24, 2.45) is 0 Å². The van der Waals surface area contributed by atoms with Gasteiger partial charge in [0.05, 0.1) is 11.7 Å². The Hall–Kier alpha value is -0.260. The molecule has 102 valence electrons. The average molecular weight is 311 g/mol. The fourth-order valence-corrected chi connectivity index (χ4v) is 4.05. The summed E-state index contributed by atoms with van der Waals surface area (Å²) in [4.78, 5) is 0.0141. The number of halogens is 2. The molecule has 0 atom stereocenters. The lowest BCUT2D eigenvalue weighted by molar-refractivity contribution is 0.426. The molecule has 1 aliphatic carbocycles. The molecule has 7 heteroatoms. The Morgan fingerprint density at radius 1 is 1.39 bits per heavy atom. The van der Waals surface area contributed by atoms with Crippen molar-refractivity contribution in [2.45, 2.75) is 56.4 Å². The largest absolute Gasteiger partial charge is 0.266 e. The van der Waals surface area contributed by atoms with Crippen molar-refractivity contribution in [3.05, 3.63) is 10.8 Å². The fraction of sp³-hybridized carbons (Fsp3) is 0.727. The van der Waals surface area contributed by atoms with Gasteiger partial charge in [-0.15, -0.1) is 0 Å². The van der Waals surface area contributed by atoms with Gasteiger partial charge in [-0.25, -0.2) is 13.1 Å². The van der Waals surface area contributed by atoms with Crippen LogP contribution in [0.25, 0.3) is 0 Å². The third kappa shape index (κ3) is 2.53. The Labute approximate surface area is 117 Å². The fourth-order valence-electron chi connectivity index (χ4n) is 2.14. The zero-order valence-electron chi connectivity index (χ0n) is 10.4. The van der Waals surface area contributed by atoms with Crippen LogP contribution in [0.1, 0.15) is 57.2 Å². The van der Waals surface area contributed by atoms with Crippen LogP contribution in [0.3, 0.4) is 0 Å². The lowest BCUT2D eigenvalue weighted by atomic mass is 10.2. The van der Waals surface area contributed by atoms with Crippen LogP contribution >= 0.6 is 22.3 Å². The first-order chi connectivity index (χ1) is 8.40. The van der Waals surface area contributed by atoms with Crippen LogP contribution in [0.4, 0.5) is 0 Å². The predicted molar refractivity (Wildman–Crippen MR) is 71.9 cm³/mol. The molecule has 4 nitrogen and oxygen atoms in total. The van der Waals surface area contributed by atoms with Crippen LogP contribution in [-0.2, 0) is 9.05 Å². The molecule has 0 unspecified atom stereocenters. The molecule has 0 radical (unpaired) electrons. The van der Waals surface area contributed by atoms with Gasteiger partial charge >= 0.3 is 0 Å². The molecular weight excluding hydrogens is 295 g/mol. The monoisotopic (exact) mass is 310 g/mol. The number of nitrogens with zero attached hydrogens (tertiary/aromatic N) is 2. The highest BCUT2D eigenvalue weighted by atomic mass is 35.7. The lowest BCUT2D eigenvalue weighted by Crippen LogP contribution is -2.09. The van der Waals surface area contributed by atoms with Gasteiger partial charge in [-0.1, -0.05) is 25.4 Å². The Balaban J connectivity index is 2.57. The van der Waals surface area contributed by atoms with Crippen molar-refractivity contribution in [1.82, 2.24) is 9.78 Å². The minimum atomic E-state index is -3.84. The van der Waals surface area contributed by atoms with Crippen molar-refractivity contribution in [2.75, 3.05) is 0 Å². The van der Waals surface area contributed by atoms with Crippen molar-refractivity contribution in [3.8, 4) is 0 Å². The highest BCUT2D eigenvalue weighted by Gasteiger charge is 2.36. The summed E-state index contributed by atoms with van der Waals surface area (Å²) in [5.74, 6) is 0.196. The molecule has 1 aromatic rings. The molecule has 1 fully saturated rings. The second kappa shape index (κ2) is 5.02. The predicted octanol–water partition coefficient (Wildman–Crippen LogP) is 3.70. The van der Waals surface area contributed by atoms with E-state index in [1.807, 2.05) is 13.8 Å². The zero-order valence-corrected chi connectivity index (χ0v) is 12.7. The standard InChI is InChI=1S/C11H16Cl2N2O2S/c1-3-8(4-2)15-11(12)10(18(13,16)17)9(14-15)7-5-6-7/h7-8H,3-6H2,1-2H3. The summed E-state index contributed by atoms with van der Waals surface area (Å²) >= 11 is 6.18. The first kappa shape index (κ1) is 14.2. The van der Waals surface area contributed by atoms with Gasteiger partial charge in [-0.05, 0) is 25.7 Å². The molecule has 0 aliphatic heterocycles. The number of rotatable bonds is 5. The molecule has 18 heavy (non-hydrogen) atoms. The zero-order chi connectivity index (χ0) is 13.5. The van der Waals surface area contributed by atoms with E-state index in [1.54, 1.807) is 4.68 Å². The molecule has 0 spiro atoms. The number of aromatic nitrogens is 2. The van der Waals surface area contributed by atoms with Gasteiger partial charge < -0.3 is 0 Å². The van der Waals surface area contributed by atoms with E-state index in [0.29, 0.717) is 5.69 Å². The molecule has 1 aliphatic rings. The summed E-state index contributed by atoms with van der Waals surface area (Å²) in [6.45, 7) is 4.05. The first-order valence-electron chi connectivity index (χ1n) is 6.12. The maximum absolute atomic E-state index is 11.6. The third-order valence-electron chi connectivity index (χ3n) is 3.33. The minimum Gasteiger partial charge on any atom is -0.249 e. The SMILES string of the molecule is CCC(CC)n1nc(C2CC2)c(S(=O)(=O)Cl)c1Cl. The van der Waals surface area contributed by atoms with Crippen LogP contribution in [0.5, 0.6) is 0 Å². The topological polar surface area (TPSA) is 52.0 Å². The van der Waals surface area contributed by atoms with Gasteiger partial charge in [0.25, 0.3) is 9.05 Å². The van der Waals surface area contributed by atoms with Crippen molar-refractivity contribution < 1.29 is 8.42 Å². The Bertz CT molecular complexity index is 546. The van der Waals surface area contributed by atoms with E-state index in [9.17, 15) is 8.42 Å². The second-order valence-corrected chi connectivity index (χ2v) is 7.49. The van der Waals surface area contributed by atoms with Gasteiger partial charge in [-0.3, -0.25) is 0 Å².